The van der Waals surface area contributed by atoms with Crippen molar-refractivity contribution in [2.75, 3.05) is 7.11 Å². The molecule has 6 heteroatoms. The van der Waals surface area contributed by atoms with Crippen molar-refractivity contribution in [2.24, 2.45) is 5.73 Å². The van der Waals surface area contributed by atoms with Crippen LogP contribution in [0.15, 0.2) is 42.6 Å². The first-order chi connectivity index (χ1) is 11.1. The van der Waals surface area contributed by atoms with Gasteiger partial charge in [-0.1, -0.05) is 18.2 Å². The Kier molecular flexibility index (Phi) is 5.94. The second-order valence-electron chi connectivity index (χ2n) is 5.18. The number of nitrogens with two attached hydrogens (primary N) is 1. The number of methoxy groups -OCH3 is 1. The molecule has 0 fully saturated rings. The van der Waals surface area contributed by atoms with Gasteiger partial charge in [0.05, 0.1) is 7.11 Å². The van der Waals surface area contributed by atoms with E-state index in [9.17, 15) is 4.79 Å². The van der Waals surface area contributed by atoms with Crippen molar-refractivity contribution in [3.05, 3.63) is 48.2 Å². The van der Waals surface area contributed by atoms with Gasteiger partial charge in [-0.15, -0.1) is 0 Å². The van der Waals surface area contributed by atoms with Gasteiger partial charge in [-0.25, -0.2) is 4.98 Å². The summed E-state index contributed by atoms with van der Waals surface area (Å²) >= 11 is 0. The van der Waals surface area contributed by atoms with E-state index in [1.165, 1.54) is 0 Å². The highest BCUT2D eigenvalue weighted by Gasteiger charge is 2.11. The third kappa shape index (κ3) is 4.96. The molecule has 1 aromatic carbocycles. The zero-order valence-corrected chi connectivity index (χ0v) is 13.3. The van der Waals surface area contributed by atoms with E-state index in [0.29, 0.717) is 23.9 Å². The predicted octanol–water partition coefficient (Wildman–Crippen LogP) is 2.24. The Labute approximate surface area is 135 Å². The maximum absolute atomic E-state index is 11.7. The highest BCUT2D eigenvalue weighted by atomic mass is 16.5. The lowest BCUT2D eigenvalue weighted by Gasteiger charge is -2.13. The lowest BCUT2D eigenvalue weighted by atomic mass is 10.2. The summed E-state index contributed by atoms with van der Waals surface area (Å²) in [4.78, 5) is 16.0. The molecule has 1 atom stereocenters. The molecule has 6 nitrogen and oxygen atoms in total. The van der Waals surface area contributed by atoms with Crippen LogP contribution in [-0.4, -0.2) is 24.0 Å². The van der Waals surface area contributed by atoms with Crippen LogP contribution < -0.4 is 20.5 Å². The highest BCUT2D eigenvalue weighted by molar-refractivity contribution is 5.76. The van der Waals surface area contributed by atoms with Gasteiger partial charge in [0.15, 0.2) is 11.5 Å². The molecule has 122 valence electrons. The van der Waals surface area contributed by atoms with Gasteiger partial charge in [0.1, 0.15) is 0 Å². The average Bonchev–Trinajstić information content (AvgIpc) is 2.54. The minimum absolute atomic E-state index is 0.105. The standard InChI is InChI=1S/C17H21N3O3/c1-12(18)10-16(21)20-11-13-6-5-9-19-17(13)23-15-8-4-3-7-14(15)22-2/h3-9,12H,10-11,18H2,1-2H3,(H,20,21)/t12-/m1/s1. The minimum Gasteiger partial charge on any atom is -0.493 e. The van der Waals surface area contributed by atoms with Crippen LogP contribution in [0.3, 0.4) is 0 Å². The second-order valence-corrected chi connectivity index (χ2v) is 5.18. The van der Waals surface area contributed by atoms with Crippen LogP contribution in [0, 0.1) is 0 Å². The van der Waals surface area contributed by atoms with Gasteiger partial charge in [0.25, 0.3) is 0 Å². The van der Waals surface area contributed by atoms with Gasteiger partial charge >= 0.3 is 0 Å². The first-order valence-corrected chi connectivity index (χ1v) is 7.37. The number of rotatable bonds is 7. The number of pyridine rings is 1. The van der Waals surface area contributed by atoms with Gasteiger partial charge in [0.2, 0.25) is 11.8 Å². The van der Waals surface area contributed by atoms with Crippen molar-refractivity contribution in [1.82, 2.24) is 10.3 Å². The molecule has 2 aromatic rings. The number of ether oxygens (including phenoxy) is 2. The summed E-state index contributed by atoms with van der Waals surface area (Å²) in [7, 11) is 1.58. The van der Waals surface area contributed by atoms with E-state index in [1.54, 1.807) is 32.4 Å². The number of amides is 1. The first-order valence-electron chi connectivity index (χ1n) is 7.37. The number of carbonyl (C=O) groups excluding carboxylic acids is 1. The van der Waals surface area contributed by atoms with Gasteiger partial charge in [-0.3, -0.25) is 4.79 Å². The highest BCUT2D eigenvalue weighted by Crippen LogP contribution is 2.31. The molecule has 0 aliphatic heterocycles. The zero-order chi connectivity index (χ0) is 16.7. The maximum atomic E-state index is 11.7. The van der Waals surface area contributed by atoms with E-state index in [4.69, 9.17) is 15.2 Å². The number of benzene rings is 1. The second kappa shape index (κ2) is 8.14. The summed E-state index contributed by atoms with van der Waals surface area (Å²) in [5.41, 5.74) is 6.39. The monoisotopic (exact) mass is 315 g/mol. The first kappa shape index (κ1) is 16.8. The van der Waals surface area contributed by atoms with Crippen LogP contribution in [0.5, 0.6) is 17.4 Å². The maximum Gasteiger partial charge on any atom is 0.224 e. The number of aromatic nitrogens is 1. The van der Waals surface area contributed by atoms with Crippen LogP contribution in [-0.2, 0) is 11.3 Å². The quantitative estimate of drug-likeness (QED) is 0.818. The Morgan fingerprint density at radius 3 is 2.70 bits per heavy atom. The Hall–Kier alpha value is -2.60. The van der Waals surface area contributed by atoms with Crippen LogP contribution in [0.1, 0.15) is 18.9 Å². The molecule has 0 unspecified atom stereocenters. The van der Waals surface area contributed by atoms with E-state index < -0.39 is 0 Å². The molecule has 0 saturated carbocycles. The number of nitrogens with one attached hydrogen (secondary N) is 1. The fourth-order valence-electron chi connectivity index (χ4n) is 2.02. The van der Waals surface area contributed by atoms with E-state index in [-0.39, 0.29) is 18.4 Å². The normalized spacial score (nSPS) is 11.6. The molecular weight excluding hydrogens is 294 g/mol. The van der Waals surface area contributed by atoms with E-state index >= 15 is 0 Å². The predicted molar refractivity (Wildman–Crippen MR) is 87.4 cm³/mol. The number of hydrogen-bond acceptors (Lipinski definition) is 5. The van der Waals surface area contributed by atoms with Crippen LogP contribution in [0.2, 0.25) is 0 Å². The van der Waals surface area contributed by atoms with E-state index in [0.717, 1.165) is 5.56 Å². The molecule has 2 rings (SSSR count). The minimum atomic E-state index is -0.173. The summed E-state index contributed by atoms with van der Waals surface area (Å²) in [5, 5.41) is 2.81. The zero-order valence-electron chi connectivity index (χ0n) is 13.3. The smallest absolute Gasteiger partial charge is 0.224 e. The third-order valence-electron chi connectivity index (χ3n) is 3.11. The van der Waals surface area contributed by atoms with Crippen LogP contribution in [0.4, 0.5) is 0 Å². The lowest BCUT2D eigenvalue weighted by Crippen LogP contribution is -2.29. The summed E-state index contributed by atoms with van der Waals surface area (Å²) < 4.78 is 11.1. The van der Waals surface area contributed by atoms with Crippen molar-refractivity contribution in [3.8, 4) is 17.4 Å². The molecule has 0 bridgehead atoms. The molecule has 0 aliphatic carbocycles. The van der Waals surface area contributed by atoms with Crippen molar-refractivity contribution in [3.63, 3.8) is 0 Å². The molecule has 1 aromatic heterocycles. The fourth-order valence-corrected chi connectivity index (χ4v) is 2.02. The molecular formula is C17H21N3O3. The third-order valence-corrected chi connectivity index (χ3v) is 3.11. The Balaban J connectivity index is 2.10. The molecule has 23 heavy (non-hydrogen) atoms. The summed E-state index contributed by atoms with van der Waals surface area (Å²) in [6, 6.07) is 10.8. The van der Waals surface area contributed by atoms with Gasteiger partial charge in [0, 0.05) is 30.8 Å². The summed E-state index contributed by atoms with van der Waals surface area (Å²) in [6.45, 7) is 2.11. The Morgan fingerprint density at radius 2 is 2.00 bits per heavy atom. The number of hydrogen-bond donors (Lipinski definition) is 2. The fraction of sp³-hybridized carbons (Fsp3) is 0.294. The van der Waals surface area contributed by atoms with Crippen LogP contribution in [0.25, 0.3) is 0 Å². The SMILES string of the molecule is COc1ccccc1Oc1ncccc1CNC(=O)C[C@@H](C)N. The van der Waals surface area contributed by atoms with E-state index in [1.807, 2.05) is 24.3 Å². The molecule has 0 aliphatic rings. The van der Waals surface area contributed by atoms with Crippen LogP contribution >= 0.6 is 0 Å². The van der Waals surface area contributed by atoms with Crippen molar-refractivity contribution in [1.29, 1.82) is 0 Å². The summed E-state index contributed by atoms with van der Waals surface area (Å²) in [6.07, 6.45) is 1.92. The summed E-state index contributed by atoms with van der Waals surface area (Å²) in [5.74, 6) is 1.51. The largest absolute Gasteiger partial charge is 0.493 e. The average molecular weight is 315 g/mol. The molecule has 0 saturated heterocycles. The number of carbonyl (C=O) groups is 1. The molecule has 3 N–H and O–H groups in total. The molecule has 1 heterocycles. The Morgan fingerprint density at radius 1 is 1.26 bits per heavy atom. The Bertz CT molecular complexity index is 659. The van der Waals surface area contributed by atoms with Crippen molar-refractivity contribution >= 4 is 5.91 Å². The van der Waals surface area contributed by atoms with Crippen molar-refractivity contribution in [2.45, 2.75) is 25.9 Å². The topological polar surface area (TPSA) is 86.5 Å². The number of nitrogens with zero attached hydrogens (tertiary/aromatic N) is 1. The lowest BCUT2D eigenvalue weighted by molar-refractivity contribution is -0.121. The van der Waals surface area contributed by atoms with Gasteiger partial charge < -0.3 is 20.5 Å². The van der Waals surface area contributed by atoms with Crippen molar-refractivity contribution < 1.29 is 14.3 Å². The van der Waals surface area contributed by atoms with Gasteiger partial charge in [-0.05, 0) is 25.1 Å². The van der Waals surface area contributed by atoms with E-state index in [2.05, 4.69) is 10.3 Å². The molecule has 0 radical (unpaired) electrons. The molecule has 1 amide bonds. The molecule has 0 spiro atoms. The number of para-hydroxylation sites is 2. The van der Waals surface area contributed by atoms with Gasteiger partial charge in [-0.2, -0.15) is 0 Å².